The number of hydrogen-bond acceptors (Lipinski definition) is 1. The zero-order valence-electron chi connectivity index (χ0n) is 16.7. The fourth-order valence-electron chi connectivity index (χ4n) is 3.66. The number of H-pyrrole nitrogens is 1. The van der Waals surface area contributed by atoms with Gasteiger partial charge < -0.3 is 15.6 Å². The third-order valence-electron chi connectivity index (χ3n) is 5.43. The lowest BCUT2D eigenvalue weighted by Gasteiger charge is -2.18. The third-order valence-corrected chi connectivity index (χ3v) is 5.43. The summed E-state index contributed by atoms with van der Waals surface area (Å²) in [6.07, 6.45) is 2.05. The van der Waals surface area contributed by atoms with Crippen LogP contribution >= 0.6 is 0 Å². The number of carbonyl (C=O) groups is 1. The van der Waals surface area contributed by atoms with Crippen molar-refractivity contribution in [2.45, 2.75) is 19.8 Å². The summed E-state index contributed by atoms with van der Waals surface area (Å²) in [5.74, 6) is 0.0536. The van der Waals surface area contributed by atoms with Crippen LogP contribution in [0.1, 0.15) is 28.2 Å². The average Bonchev–Trinajstić information content (AvgIpc) is 3.16. The highest BCUT2D eigenvalue weighted by atomic mass is 16.2. The Bertz CT molecular complexity index is 1130. The Labute approximate surface area is 171 Å². The first kappa shape index (κ1) is 18.8. The minimum absolute atomic E-state index is 0.0536. The van der Waals surface area contributed by atoms with Crippen LogP contribution < -0.4 is 10.6 Å². The Morgan fingerprint density at radius 2 is 1.69 bits per heavy atom. The highest BCUT2D eigenvalue weighted by Gasteiger charge is 2.19. The van der Waals surface area contributed by atoms with Crippen LogP contribution in [0, 0.1) is 13.8 Å². The number of anilines is 1. The van der Waals surface area contributed by atoms with Gasteiger partial charge in [0.25, 0.3) is 0 Å². The molecule has 0 saturated carbocycles. The first-order valence-corrected chi connectivity index (χ1v) is 9.85. The van der Waals surface area contributed by atoms with Gasteiger partial charge in [-0.05, 0) is 54.3 Å². The highest BCUT2D eigenvalue weighted by Crippen LogP contribution is 2.30. The largest absolute Gasteiger partial charge is 0.361 e. The quantitative estimate of drug-likeness (QED) is 0.404. The molecule has 29 heavy (non-hydrogen) atoms. The van der Waals surface area contributed by atoms with Gasteiger partial charge in [-0.25, -0.2) is 4.79 Å². The van der Waals surface area contributed by atoms with Crippen LogP contribution in [0.15, 0.2) is 79.0 Å². The van der Waals surface area contributed by atoms with E-state index in [2.05, 4.69) is 46.8 Å². The van der Waals surface area contributed by atoms with Gasteiger partial charge in [0, 0.05) is 35.2 Å². The summed E-state index contributed by atoms with van der Waals surface area (Å²) in [6.45, 7) is 4.61. The van der Waals surface area contributed by atoms with Gasteiger partial charge in [0.05, 0.1) is 0 Å². The topological polar surface area (TPSA) is 56.9 Å². The predicted octanol–water partition coefficient (Wildman–Crippen LogP) is 5.74. The Morgan fingerprint density at radius 3 is 2.48 bits per heavy atom. The summed E-state index contributed by atoms with van der Waals surface area (Å²) in [4.78, 5) is 15.9. The molecule has 0 bridgehead atoms. The SMILES string of the molecule is Cc1ccc(NC(=O)NCC(c2ccccc2)c2c[nH]c3ccccc23)cc1C. The lowest BCUT2D eigenvalue weighted by molar-refractivity contribution is 0.252. The molecular formula is C25H25N3O. The van der Waals surface area contributed by atoms with Crippen molar-refractivity contribution in [1.29, 1.82) is 0 Å². The molecule has 4 heteroatoms. The van der Waals surface area contributed by atoms with Gasteiger partial charge in [-0.1, -0.05) is 54.6 Å². The number of aromatic nitrogens is 1. The average molecular weight is 383 g/mol. The number of benzene rings is 3. The number of fused-ring (bicyclic) bond motifs is 1. The number of carbonyl (C=O) groups excluding carboxylic acids is 1. The summed E-state index contributed by atoms with van der Waals surface area (Å²) in [7, 11) is 0. The van der Waals surface area contributed by atoms with Crippen LogP contribution in [-0.4, -0.2) is 17.6 Å². The van der Waals surface area contributed by atoms with E-state index < -0.39 is 0 Å². The molecule has 1 atom stereocenters. The Balaban J connectivity index is 1.55. The Hall–Kier alpha value is -3.53. The molecule has 0 fully saturated rings. The second-order valence-corrected chi connectivity index (χ2v) is 7.39. The van der Waals surface area contributed by atoms with E-state index in [1.54, 1.807) is 0 Å². The van der Waals surface area contributed by atoms with Gasteiger partial charge in [0.15, 0.2) is 0 Å². The zero-order chi connectivity index (χ0) is 20.2. The van der Waals surface area contributed by atoms with Crippen LogP contribution in [0.25, 0.3) is 10.9 Å². The van der Waals surface area contributed by atoms with Gasteiger partial charge in [0.2, 0.25) is 0 Å². The van der Waals surface area contributed by atoms with Crippen molar-refractivity contribution >= 4 is 22.6 Å². The van der Waals surface area contributed by atoms with Crippen molar-refractivity contribution in [2.24, 2.45) is 0 Å². The molecule has 0 saturated heterocycles. The van der Waals surface area contributed by atoms with E-state index in [9.17, 15) is 4.79 Å². The number of urea groups is 1. The molecule has 146 valence electrons. The van der Waals surface area contributed by atoms with E-state index in [0.29, 0.717) is 6.54 Å². The molecule has 1 unspecified atom stereocenters. The molecule has 4 aromatic rings. The highest BCUT2D eigenvalue weighted by molar-refractivity contribution is 5.89. The molecule has 4 nitrogen and oxygen atoms in total. The molecule has 1 aromatic heterocycles. The van der Waals surface area contributed by atoms with Crippen LogP contribution in [0.3, 0.4) is 0 Å². The van der Waals surface area contributed by atoms with E-state index in [1.165, 1.54) is 22.1 Å². The van der Waals surface area contributed by atoms with Gasteiger partial charge in [-0.15, -0.1) is 0 Å². The summed E-state index contributed by atoms with van der Waals surface area (Å²) in [6, 6.07) is 24.3. The predicted molar refractivity (Wildman–Crippen MR) is 120 cm³/mol. The number of rotatable bonds is 5. The number of aromatic amines is 1. The maximum absolute atomic E-state index is 12.5. The fourth-order valence-corrected chi connectivity index (χ4v) is 3.66. The van der Waals surface area contributed by atoms with Crippen LogP contribution in [0.2, 0.25) is 0 Å². The number of amides is 2. The smallest absolute Gasteiger partial charge is 0.319 e. The molecule has 0 aliphatic rings. The van der Waals surface area contributed by atoms with Crippen molar-refractivity contribution in [3.05, 3.63) is 101 Å². The van der Waals surface area contributed by atoms with Crippen molar-refractivity contribution < 1.29 is 4.79 Å². The van der Waals surface area contributed by atoms with Crippen LogP contribution in [-0.2, 0) is 0 Å². The maximum atomic E-state index is 12.5. The van der Waals surface area contributed by atoms with Crippen LogP contribution in [0.5, 0.6) is 0 Å². The maximum Gasteiger partial charge on any atom is 0.319 e. The van der Waals surface area contributed by atoms with Gasteiger partial charge in [-0.2, -0.15) is 0 Å². The van der Waals surface area contributed by atoms with E-state index >= 15 is 0 Å². The monoisotopic (exact) mass is 383 g/mol. The van der Waals surface area contributed by atoms with Crippen molar-refractivity contribution in [2.75, 3.05) is 11.9 Å². The van der Waals surface area contributed by atoms with E-state index in [0.717, 1.165) is 16.8 Å². The van der Waals surface area contributed by atoms with E-state index in [4.69, 9.17) is 0 Å². The van der Waals surface area contributed by atoms with E-state index in [-0.39, 0.29) is 11.9 Å². The summed E-state index contributed by atoms with van der Waals surface area (Å²) < 4.78 is 0. The number of hydrogen-bond donors (Lipinski definition) is 3. The molecular weight excluding hydrogens is 358 g/mol. The standard InChI is InChI=1S/C25H25N3O/c1-17-12-13-20(14-18(17)2)28-25(29)27-15-22(19-8-4-3-5-9-19)23-16-26-24-11-7-6-10-21(23)24/h3-14,16,22,26H,15H2,1-2H3,(H2,27,28,29). The third kappa shape index (κ3) is 4.16. The number of aryl methyl sites for hydroxylation is 2. The molecule has 4 rings (SSSR count). The lowest BCUT2D eigenvalue weighted by atomic mass is 9.91. The minimum Gasteiger partial charge on any atom is -0.361 e. The molecule has 0 aliphatic carbocycles. The second kappa shape index (κ2) is 8.23. The normalized spacial score (nSPS) is 11.9. The lowest BCUT2D eigenvalue weighted by Crippen LogP contribution is -2.32. The molecule has 3 N–H and O–H groups in total. The number of para-hydroxylation sites is 1. The Morgan fingerprint density at radius 1 is 0.931 bits per heavy atom. The molecule has 1 heterocycles. The fraction of sp³-hybridized carbons (Fsp3) is 0.160. The van der Waals surface area contributed by atoms with Gasteiger partial charge >= 0.3 is 6.03 Å². The van der Waals surface area contributed by atoms with Crippen molar-refractivity contribution in [3.8, 4) is 0 Å². The number of nitrogens with one attached hydrogen (secondary N) is 3. The summed E-state index contributed by atoms with van der Waals surface area (Å²) in [5.41, 5.74) is 6.61. The van der Waals surface area contributed by atoms with Crippen LogP contribution in [0.4, 0.5) is 10.5 Å². The van der Waals surface area contributed by atoms with Gasteiger partial charge in [0.1, 0.15) is 0 Å². The first-order valence-electron chi connectivity index (χ1n) is 9.85. The van der Waals surface area contributed by atoms with Crippen molar-refractivity contribution in [3.63, 3.8) is 0 Å². The Kier molecular flexibility index (Phi) is 5.34. The van der Waals surface area contributed by atoms with E-state index in [1.807, 2.05) is 61.7 Å². The molecule has 0 radical (unpaired) electrons. The molecule has 0 aliphatic heterocycles. The molecule has 0 spiro atoms. The second-order valence-electron chi connectivity index (χ2n) is 7.39. The summed E-state index contributed by atoms with van der Waals surface area (Å²) in [5, 5.41) is 7.17. The molecule has 2 amide bonds. The summed E-state index contributed by atoms with van der Waals surface area (Å²) >= 11 is 0. The zero-order valence-corrected chi connectivity index (χ0v) is 16.7. The van der Waals surface area contributed by atoms with Gasteiger partial charge in [-0.3, -0.25) is 0 Å². The first-order chi connectivity index (χ1) is 14.1. The molecule has 3 aromatic carbocycles. The minimum atomic E-state index is -0.200. The van der Waals surface area contributed by atoms with Crippen molar-refractivity contribution in [1.82, 2.24) is 10.3 Å².